The Hall–Kier alpha value is -3.69. The molecule has 0 radical (unpaired) electrons. The van der Waals surface area contributed by atoms with Crippen molar-refractivity contribution in [2.24, 2.45) is 0 Å². The monoisotopic (exact) mass is 494 g/mol. The average molecular weight is 495 g/mol. The van der Waals surface area contributed by atoms with E-state index in [0.717, 1.165) is 19.3 Å². The van der Waals surface area contributed by atoms with Crippen molar-refractivity contribution in [3.63, 3.8) is 0 Å². The van der Waals surface area contributed by atoms with Crippen LogP contribution in [0.3, 0.4) is 0 Å². The third-order valence-electron chi connectivity index (χ3n) is 5.69. The van der Waals surface area contributed by atoms with E-state index in [1.165, 1.54) is 47.8 Å². The molecule has 0 spiro atoms. The first-order chi connectivity index (χ1) is 16.9. The lowest BCUT2D eigenvalue weighted by molar-refractivity contribution is 0.0600. The SMILES string of the molecule is COC(=O)c1ccc(C(=O)Nc2cc(S(=O)(=O)N3CCCCC3)ccc2Oc2ccccc2)cc1. The van der Waals surface area contributed by atoms with Crippen molar-refractivity contribution in [2.75, 3.05) is 25.5 Å². The van der Waals surface area contributed by atoms with Gasteiger partial charge in [-0.15, -0.1) is 0 Å². The molecule has 1 heterocycles. The minimum atomic E-state index is -3.72. The maximum Gasteiger partial charge on any atom is 0.337 e. The summed E-state index contributed by atoms with van der Waals surface area (Å²) in [5.41, 5.74) is 0.813. The van der Waals surface area contributed by atoms with E-state index in [-0.39, 0.29) is 16.1 Å². The zero-order valence-electron chi connectivity index (χ0n) is 19.3. The molecule has 0 saturated carbocycles. The Morgan fingerprint density at radius 1 is 0.857 bits per heavy atom. The molecular weight excluding hydrogens is 468 g/mol. The first-order valence-electron chi connectivity index (χ1n) is 11.3. The summed E-state index contributed by atoms with van der Waals surface area (Å²) in [6.45, 7) is 0.942. The molecule has 1 saturated heterocycles. The van der Waals surface area contributed by atoms with E-state index in [1.807, 2.05) is 18.2 Å². The molecule has 35 heavy (non-hydrogen) atoms. The minimum absolute atomic E-state index is 0.0798. The number of nitrogens with zero attached hydrogens (tertiary/aromatic N) is 1. The van der Waals surface area contributed by atoms with Crippen LogP contribution in [0.2, 0.25) is 0 Å². The van der Waals surface area contributed by atoms with Crippen LogP contribution in [0.4, 0.5) is 5.69 Å². The van der Waals surface area contributed by atoms with Crippen LogP contribution >= 0.6 is 0 Å². The number of carbonyl (C=O) groups excluding carboxylic acids is 2. The second-order valence-electron chi connectivity index (χ2n) is 8.06. The highest BCUT2D eigenvalue weighted by Crippen LogP contribution is 2.33. The number of esters is 1. The molecule has 1 aliphatic heterocycles. The molecule has 4 rings (SSSR count). The maximum atomic E-state index is 13.2. The number of hydrogen-bond acceptors (Lipinski definition) is 6. The maximum absolute atomic E-state index is 13.2. The number of benzene rings is 3. The first kappa shape index (κ1) is 24.4. The summed E-state index contributed by atoms with van der Waals surface area (Å²) in [6.07, 6.45) is 2.64. The van der Waals surface area contributed by atoms with Gasteiger partial charge in [0.25, 0.3) is 5.91 Å². The Labute approximate surface area is 204 Å². The van der Waals surface area contributed by atoms with Crippen LogP contribution in [0.25, 0.3) is 0 Å². The normalized spacial score (nSPS) is 14.2. The molecule has 0 atom stereocenters. The van der Waals surface area contributed by atoms with Gasteiger partial charge in [-0.25, -0.2) is 13.2 Å². The van der Waals surface area contributed by atoms with Crippen LogP contribution in [-0.4, -0.2) is 44.8 Å². The van der Waals surface area contributed by atoms with Gasteiger partial charge in [0.2, 0.25) is 10.0 Å². The number of methoxy groups -OCH3 is 1. The standard InChI is InChI=1S/C26H26N2O6S/c1-33-26(30)20-12-10-19(11-13-20)25(29)27-23-18-22(35(31,32)28-16-6-3-7-17-28)14-15-24(23)34-21-8-4-2-5-9-21/h2,4-5,8-15,18H,3,6-7,16-17H2,1H3,(H,27,29). The number of ether oxygens (including phenoxy) is 2. The summed E-state index contributed by atoms with van der Waals surface area (Å²) in [4.78, 5) is 24.7. The van der Waals surface area contributed by atoms with E-state index in [9.17, 15) is 18.0 Å². The van der Waals surface area contributed by atoms with E-state index >= 15 is 0 Å². The molecule has 0 unspecified atom stereocenters. The fourth-order valence-electron chi connectivity index (χ4n) is 3.80. The number of nitrogens with one attached hydrogen (secondary N) is 1. The summed E-state index contributed by atoms with van der Waals surface area (Å²) < 4.78 is 38.5. The zero-order valence-corrected chi connectivity index (χ0v) is 20.1. The van der Waals surface area contributed by atoms with Gasteiger partial charge in [-0.05, 0) is 67.4 Å². The number of hydrogen-bond donors (Lipinski definition) is 1. The zero-order chi connectivity index (χ0) is 24.8. The fourth-order valence-corrected chi connectivity index (χ4v) is 5.34. The van der Waals surface area contributed by atoms with Gasteiger partial charge in [0.1, 0.15) is 5.75 Å². The second-order valence-corrected chi connectivity index (χ2v) is 10.00. The predicted octanol–water partition coefficient (Wildman–Crippen LogP) is 4.69. The number of amides is 1. The minimum Gasteiger partial charge on any atom is -0.465 e. The highest BCUT2D eigenvalue weighted by atomic mass is 32.2. The number of piperidine rings is 1. The second kappa shape index (κ2) is 10.7. The Bertz CT molecular complexity index is 1300. The molecule has 0 aromatic heterocycles. The molecule has 182 valence electrons. The third kappa shape index (κ3) is 5.70. The van der Waals surface area contributed by atoms with Gasteiger partial charge in [0.15, 0.2) is 5.75 Å². The molecule has 1 aliphatic rings. The van der Waals surface area contributed by atoms with Crippen molar-refractivity contribution < 1.29 is 27.5 Å². The molecular formula is C26H26N2O6S. The van der Waals surface area contributed by atoms with Gasteiger partial charge < -0.3 is 14.8 Å². The smallest absolute Gasteiger partial charge is 0.337 e. The van der Waals surface area contributed by atoms with Gasteiger partial charge in [-0.1, -0.05) is 24.6 Å². The van der Waals surface area contributed by atoms with Gasteiger partial charge in [0.05, 0.1) is 23.3 Å². The Balaban J connectivity index is 1.65. The molecule has 8 nitrogen and oxygen atoms in total. The lowest BCUT2D eigenvalue weighted by Crippen LogP contribution is -2.35. The summed E-state index contributed by atoms with van der Waals surface area (Å²) in [5, 5.41) is 2.76. The first-order valence-corrected chi connectivity index (χ1v) is 12.7. The molecule has 1 fully saturated rings. The van der Waals surface area contributed by atoms with Crippen LogP contribution in [-0.2, 0) is 14.8 Å². The van der Waals surface area contributed by atoms with Crippen LogP contribution in [0.1, 0.15) is 40.0 Å². The van der Waals surface area contributed by atoms with Crippen molar-refractivity contribution in [3.8, 4) is 11.5 Å². The van der Waals surface area contributed by atoms with Crippen molar-refractivity contribution >= 4 is 27.6 Å². The summed E-state index contributed by atoms with van der Waals surface area (Å²) in [5.74, 6) is -0.150. The molecule has 0 bridgehead atoms. The molecule has 3 aromatic carbocycles. The predicted molar refractivity (Wildman–Crippen MR) is 131 cm³/mol. The van der Waals surface area contributed by atoms with Crippen molar-refractivity contribution in [1.29, 1.82) is 0 Å². The van der Waals surface area contributed by atoms with Gasteiger partial charge in [-0.3, -0.25) is 4.79 Å². The van der Waals surface area contributed by atoms with E-state index in [4.69, 9.17) is 4.74 Å². The Morgan fingerprint density at radius 3 is 2.17 bits per heavy atom. The number of carbonyl (C=O) groups is 2. The quantitative estimate of drug-likeness (QED) is 0.478. The molecule has 9 heteroatoms. The van der Waals surface area contributed by atoms with E-state index in [2.05, 4.69) is 10.1 Å². The lowest BCUT2D eigenvalue weighted by atomic mass is 10.1. The molecule has 1 N–H and O–H groups in total. The van der Waals surface area contributed by atoms with Gasteiger partial charge >= 0.3 is 5.97 Å². The highest BCUT2D eigenvalue weighted by molar-refractivity contribution is 7.89. The van der Waals surface area contributed by atoms with Crippen LogP contribution in [0.5, 0.6) is 11.5 Å². The van der Waals surface area contributed by atoms with Crippen molar-refractivity contribution in [3.05, 3.63) is 83.9 Å². The Morgan fingerprint density at radius 2 is 1.51 bits per heavy atom. The highest BCUT2D eigenvalue weighted by Gasteiger charge is 2.27. The third-order valence-corrected chi connectivity index (χ3v) is 7.59. The number of anilines is 1. The fraction of sp³-hybridized carbons (Fsp3) is 0.231. The van der Waals surface area contributed by atoms with Gasteiger partial charge in [-0.2, -0.15) is 4.31 Å². The van der Waals surface area contributed by atoms with Gasteiger partial charge in [0, 0.05) is 18.7 Å². The summed E-state index contributed by atoms with van der Waals surface area (Å²) in [6, 6.07) is 19.4. The lowest BCUT2D eigenvalue weighted by Gasteiger charge is -2.26. The van der Waals surface area contributed by atoms with Crippen LogP contribution < -0.4 is 10.1 Å². The van der Waals surface area contributed by atoms with E-state index in [0.29, 0.717) is 30.2 Å². The van der Waals surface area contributed by atoms with E-state index < -0.39 is 21.9 Å². The number of rotatable bonds is 7. The Kier molecular flexibility index (Phi) is 7.48. The van der Waals surface area contributed by atoms with Crippen molar-refractivity contribution in [1.82, 2.24) is 4.31 Å². The molecule has 1 amide bonds. The van der Waals surface area contributed by atoms with E-state index in [1.54, 1.807) is 18.2 Å². The summed E-state index contributed by atoms with van der Waals surface area (Å²) >= 11 is 0. The molecule has 3 aromatic rings. The number of para-hydroxylation sites is 1. The average Bonchev–Trinajstić information content (AvgIpc) is 2.90. The van der Waals surface area contributed by atoms with Crippen LogP contribution in [0.15, 0.2) is 77.7 Å². The van der Waals surface area contributed by atoms with Crippen LogP contribution in [0, 0.1) is 0 Å². The number of sulfonamides is 1. The topological polar surface area (TPSA) is 102 Å². The molecule has 0 aliphatic carbocycles. The largest absolute Gasteiger partial charge is 0.465 e. The van der Waals surface area contributed by atoms with Crippen molar-refractivity contribution in [2.45, 2.75) is 24.2 Å². The summed E-state index contributed by atoms with van der Waals surface area (Å²) in [7, 11) is -2.44.